The summed E-state index contributed by atoms with van der Waals surface area (Å²) in [5.41, 5.74) is 0. The highest BCUT2D eigenvalue weighted by Gasteiger charge is 2.19. The first-order chi connectivity index (χ1) is 8.87. The first-order valence-corrected chi connectivity index (χ1v) is 6.44. The van der Waals surface area contributed by atoms with Crippen molar-refractivity contribution in [1.82, 2.24) is 0 Å². The molecule has 19 heavy (non-hydrogen) atoms. The summed E-state index contributed by atoms with van der Waals surface area (Å²) in [5.74, 6) is -3.09. The molecule has 0 unspecified atom stereocenters. The van der Waals surface area contributed by atoms with Crippen LogP contribution in [0.15, 0.2) is 47.4 Å². The maximum atomic E-state index is 12.9. The summed E-state index contributed by atoms with van der Waals surface area (Å²) in [6, 6.07) is 6.13. The van der Waals surface area contributed by atoms with Crippen LogP contribution in [0.4, 0.5) is 13.2 Å². The van der Waals surface area contributed by atoms with Crippen molar-refractivity contribution in [3.63, 3.8) is 0 Å². The number of halogens is 3. The second-order valence-electron chi connectivity index (χ2n) is 3.60. The topological polar surface area (TPSA) is 43.4 Å². The van der Waals surface area contributed by atoms with Crippen LogP contribution in [0.5, 0.6) is 5.75 Å². The van der Waals surface area contributed by atoms with Gasteiger partial charge in [0.2, 0.25) is 0 Å². The summed E-state index contributed by atoms with van der Waals surface area (Å²) in [5, 5.41) is 0. The maximum absolute atomic E-state index is 12.9. The lowest BCUT2D eigenvalue weighted by molar-refractivity contribution is 0.480. The van der Waals surface area contributed by atoms with Crippen LogP contribution in [0.25, 0.3) is 0 Å². The molecule has 0 bridgehead atoms. The fourth-order valence-electron chi connectivity index (χ4n) is 1.37. The number of hydrogen-bond acceptors (Lipinski definition) is 3. The first kappa shape index (κ1) is 13.4. The standard InChI is InChI=1S/C12H7F3O3S/c13-8-2-1-3-11(5-8)18-19(16,17)12-6-9(14)4-10(15)7-12/h1-7H. The van der Waals surface area contributed by atoms with Crippen molar-refractivity contribution in [1.29, 1.82) is 0 Å². The van der Waals surface area contributed by atoms with Gasteiger partial charge in [-0.15, -0.1) is 0 Å². The molecule has 0 saturated heterocycles. The van der Waals surface area contributed by atoms with Gasteiger partial charge in [-0.3, -0.25) is 0 Å². The van der Waals surface area contributed by atoms with Crippen LogP contribution in [0.2, 0.25) is 0 Å². The summed E-state index contributed by atoms with van der Waals surface area (Å²) in [6.07, 6.45) is 0. The third-order valence-corrected chi connectivity index (χ3v) is 3.35. The van der Waals surface area contributed by atoms with Crippen LogP contribution in [0.3, 0.4) is 0 Å². The second-order valence-corrected chi connectivity index (χ2v) is 5.15. The summed E-state index contributed by atoms with van der Waals surface area (Å²) in [7, 11) is -4.42. The third-order valence-electron chi connectivity index (χ3n) is 2.13. The summed E-state index contributed by atoms with van der Waals surface area (Å²) < 4.78 is 66.8. The molecule has 2 rings (SSSR count). The van der Waals surface area contributed by atoms with E-state index in [4.69, 9.17) is 0 Å². The Labute approximate surface area is 107 Å². The monoisotopic (exact) mass is 288 g/mol. The molecule has 100 valence electrons. The zero-order valence-corrected chi connectivity index (χ0v) is 10.1. The summed E-state index contributed by atoms with van der Waals surface area (Å²) in [4.78, 5) is -0.686. The normalized spacial score (nSPS) is 11.3. The molecule has 0 radical (unpaired) electrons. The van der Waals surface area contributed by atoms with Gasteiger partial charge in [0.15, 0.2) is 0 Å². The summed E-state index contributed by atoms with van der Waals surface area (Å²) >= 11 is 0. The van der Waals surface area contributed by atoms with E-state index in [0.717, 1.165) is 12.1 Å². The molecule has 0 aliphatic heterocycles. The highest BCUT2D eigenvalue weighted by Crippen LogP contribution is 2.20. The van der Waals surface area contributed by atoms with Crippen LogP contribution >= 0.6 is 0 Å². The molecule has 0 aliphatic carbocycles. The van der Waals surface area contributed by atoms with E-state index < -0.39 is 32.5 Å². The van der Waals surface area contributed by atoms with Crippen LogP contribution in [-0.4, -0.2) is 8.42 Å². The van der Waals surface area contributed by atoms with Crippen molar-refractivity contribution >= 4 is 10.1 Å². The average Bonchev–Trinajstić information content (AvgIpc) is 2.26. The molecule has 0 aromatic heterocycles. The molecule has 0 atom stereocenters. The van der Waals surface area contributed by atoms with E-state index in [0.29, 0.717) is 18.2 Å². The van der Waals surface area contributed by atoms with Crippen molar-refractivity contribution in [3.05, 3.63) is 59.9 Å². The fourth-order valence-corrected chi connectivity index (χ4v) is 2.33. The van der Waals surface area contributed by atoms with Crippen LogP contribution < -0.4 is 4.18 Å². The van der Waals surface area contributed by atoms with E-state index in [1.54, 1.807) is 0 Å². The van der Waals surface area contributed by atoms with Crippen molar-refractivity contribution in [2.24, 2.45) is 0 Å². The molecule has 3 nitrogen and oxygen atoms in total. The smallest absolute Gasteiger partial charge is 0.339 e. The Bertz CT molecular complexity index is 694. The Kier molecular flexibility index (Phi) is 3.48. The van der Waals surface area contributed by atoms with Gasteiger partial charge in [-0.1, -0.05) is 6.07 Å². The van der Waals surface area contributed by atoms with Gasteiger partial charge in [0.05, 0.1) is 0 Å². The van der Waals surface area contributed by atoms with Crippen LogP contribution in [0.1, 0.15) is 0 Å². The van der Waals surface area contributed by atoms with E-state index in [-0.39, 0.29) is 5.75 Å². The van der Waals surface area contributed by atoms with E-state index in [2.05, 4.69) is 4.18 Å². The minimum Gasteiger partial charge on any atom is -0.379 e. The van der Waals surface area contributed by atoms with E-state index in [1.807, 2.05) is 0 Å². The molecule has 7 heteroatoms. The predicted molar refractivity (Wildman–Crippen MR) is 60.6 cm³/mol. The molecule has 0 fully saturated rings. The zero-order valence-electron chi connectivity index (χ0n) is 9.31. The lowest BCUT2D eigenvalue weighted by Crippen LogP contribution is -2.10. The Morgan fingerprint density at radius 1 is 0.842 bits per heavy atom. The van der Waals surface area contributed by atoms with Gasteiger partial charge in [-0.2, -0.15) is 8.42 Å². The highest BCUT2D eigenvalue weighted by molar-refractivity contribution is 7.87. The Hall–Kier alpha value is -2.02. The Morgan fingerprint density at radius 2 is 1.47 bits per heavy atom. The lowest BCUT2D eigenvalue weighted by atomic mass is 10.3. The Morgan fingerprint density at radius 3 is 2.05 bits per heavy atom. The van der Waals surface area contributed by atoms with Crippen LogP contribution in [0, 0.1) is 17.5 Å². The van der Waals surface area contributed by atoms with Crippen molar-refractivity contribution in [3.8, 4) is 5.75 Å². The van der Waals surface area contributed by atoms with Gasteiger partial charge >= 0.3 is 10.1 Å². The van der Waals surface area contributed by atoms with Crippen molar-refractivity contribution in [2.45, 2.75) is 4.90 Å². The molecule has 2 aromatic rings. The van der Waals surface area contributed by atoms with Gasteiger partial charge in [0.25, 0.3) is 0 Å². The molecule has 0 aliphatic rings. The van der Waals surface area contributed by atoms with Crippen molar-refractivity contribution in [2.75, 3.05) is 0 Å². The van der Waals surface area contributed by atoms with E-state index in [1.165, 1.54) is 12.1 Å². The van der Waals surface area contributed by atoms with Gasteiger partial charge in [-0.25, -0.2) is 13.2 Å². The molecule has 0 N–H and O–H groups in total. The molecular formula is C12H7F3O3S. The number of hydrogen-bond donors (Lipinski definition) is 0. The fraction of sp³-hybridized carbons (Fsp3) is 0. The highest BCUT2D eigenvalue weighted by atomic mass is 32.2. The maximum Gasteiger partial charge on any atom is 0.339 e. The number of rotatable bonds is 3. The quantitative estimate of drug-likeness (QED) is 0.816. The minimum atomic E-state index is -4.42. The van der Waals surface area contributed by atoms with Crippen molar-refractivity contribution < 1.29 is 25.8 Å². The van der Waals surface area contributed by atoms with E-state index in [9.17, 15) is 21.6 Å². The predicted octanol–water partition coefficient (Wildman–Crippen LogP) is 2.87. The molecule has 0 spiro atoms. The van der Waals surface area contributed by atoms with E-state index >= 15 is 0 Å². The summed E-state index contributed by atoms with van der Waals surface area (Å²) in [6.45, 7) is 0. The van der Waals surface area contributed by atoms with Crippen LogP contribution in [-0.2, 0) is 10.1 Å². The Balaban J connectivity index is 2.37. The zero-order chi connectivity index (χ0) is 14.0. The molecular weight excluding hydrogens is 281 g/mol. The SMILES string of the molecule is O=S(=O)(Oc1cccc(F)c1)c1cc(F)cc(F)c1. The van der Waals surface area contributed by atoms with Gasteiger partial charge in [-0.05, 0) is 24.3 Å². The average molecular weight is 288 g/mol. The molecule has 2 aromatic carbocycles. The largest absolute Gasteiger partial charge is 0.379 e. The third kappa shape index (κ3) is 3.25. The van der Waals surface area contributed by atoms with Gasteiger partial charge in [0.1, 0.15) is 28.1 Å². The number of benzene rings is 2. The molecule has 0 heterocycles. The van der Waals surface area contributed by atoms with Gasteiger partial charge in [0, 0.05) is 12.1 Å². The second kappa shape index (κ2) is 4.93. The van der Waals surface area contributed by atoms with Gasteiger partial charge < -0.3 is 4.18 Å². The molecule has 0 saturated carbocycles. The molecule has 0 amide bonds. The minimum absolute atomic E-state index is 0.287. The lowest BCUT2D eigenvalue weighted by Gasteiger charge is -2.07. The first-order valence-electron chi connectivity index (χ1n) is 5.03.